The Morgan fingerprint density at radius 2 is 2.29 bits per heavy atom. The van der Waals surface area contributed by atoms with Gasteiger partial charge in [0.2, 0.25) is 0 Å². The molecule has 0 bridgehead atoms. The van der Waals surface area contributed by atoms with Crippen molar-refractivity contribution in [3.05, 3.63) is 20.8 Å². The summed E-state index contributed by atoms with van der Waals surface area (Å²) < 4.78 is 1.03. The minimum Gasteiger partial charge on any atom is -0.292 e. The fourth-order valence-electron chi connectivity index (χ4n) is 2.56. The lowest BCUT2D eigenvalue weighted by atomic mass is 10.1. The Balaban J connectivity index is 2.02. The van der Waals surface area contributed by atoms with Crippen LogP contribution in [0.4, 0.5) is 0 Å². The number of thiophene rings is 1. The maximum atomic E-state index is 12.2. The second kappa shape index (κ2) is 5.63. The number of likely N-dealkylation sites (tertiary alicyclic amines) is 1. The van der Waals surface area contributed by atoms with E-state index in [9.17, 15) is 4.79 Å². The summed E-state index contributed by atoms with van der Waals surface area (Å²) in [6.45, 7) is 5.02. The third kappa shape index (κ3) is 2.98. The zero-order valence-corrected chi connectivity index (χ0v) is 12.7. The summed E-state index contributed by atoms with van der Waals surface area (Å²) in [5.41, 5.74) is 0. The molecule has 1 aliphatic rings. The normalized spacial score (nSPS) is 25.4. The molecule has 1 aromatic rings. The van der Waals surface area contributed by atoms with E-state index in [1.807, 2.05) is 12.1 Å². The van der Waals surface area contributed by atoms with Crippen LogP contribution in [0.5, 0.6) is 0 Å². The van der Waals surface area contributed by atoms with Gasteiger partial charge in [0.15, 0.2) is 5.78 Å². The Kier molecular flexibility index (Phi) is 4.39. The summed E-state index contributed by atoms with van der Waals surface area (Å²) in [5.74, 6) is 0.257. The minimum absolute atomic E-state index is 0.257. The molecule has 4 heteroatoms. The van der Waals surface area contributed by atoms with Crippen LogP contribution < -0.4 is 0 Å². The molecule has 0 spiro atoms. The summed E-state index contributed by atoms with van der Waals surface area (Å²) >= 11 is 4.93. The first-order valence-corrected chi connectivity index (χ1v) is 7.77. The molecule has 2 nitrogen and oxygen atoms in total. The number of nitrogens with zero attached hydrogens (tertiary/aromatic N) is 1. The molecule has 0 aromatic carbocycles. The van der Waals surface area contributed by atoms with E-state index >= 15 is 0 Å². The highest BCUT2D eigenvalue weighted by Gasteiger charge is 2.30. The number of carbonyl (C=O) groups excluding carboxylic acids is 1. The third-order valence-corrected chi connectivity index (χ3v) is 5.26. The highest BCUT2D eigenvalue weighted by molar-refractivity contribution is 9.11. The molecule has 2 heterocycles. The first kappa shape index (κ1) is 13.2. The molecule has 1 saturated heterocycles. The molecule has 0 radical (unpaired) electrons. The first-order chi connectivity index (χ1) is 8.11. The Morgan fingerprint density at radius 3 is 2.88 bits per heavy atom. The summed E-state index contributed by atoms with van der Waals surface area (Å²) in [6.07, 6.45) is 3.60. The molecular weight excluding hydrogens is 298 g/mol. The highest BCUT2D eigenvalue weighted by atomic mass is 79.9. The van der Waals surface area contributed by atoms with Crippen LogP contribution in [0, 0.1) is 0 Å². The van der Waals surface area contributed by atoms with Crippen molar-refractivity contribution in [1.29, 1.82) is 0 Å². The lowest BCUT2D eigenvalue weighted by molar-refractivity contribution is 0.0893. The fraction of sp³-hybridized carbons (Fsp3) is 0.615. The van der Waals surface area contributed by atoms with Crippen molar-refractivity contribution in [1.82, 2.24) is 4.90 Å². The van der Waals surface area contributed by atoms with Gasteiger partial charge in [-0.3, -0.25) is 9.69 Å². The minimum atomic E-state index is 0.257. The van der Waals surface area contributed by atoms with Gasteiger partial charge in [-0.15, -0.1) is 11.3 Å². The summed E-state index contributed by atoms with van der Waals surface area (Å²) in [4.78, 5) is 15.4. The predicted octanol–water partition coefficient (Wildman–Crippen LogP) is 3.96. The van der Waals surface area contributed by atoms with Gasteiger partial charge in [-0.1, -0.05) is 6.92 Å². The summed E-state index contributed by atoms with van der Waals surface area (Å²) in [5, 5.41) is 0. The van der Waals surface area contributed by atoms with Crippen molar-refractivity contribution < 1.29 is 4.79 Å². The van der Waals surface area contributed by atoms with Gasteiger partial charge in [-0.25, -0.2) is 0 Å². The molecule has 0 amide bonds. The van der Waals surface area contributed by atoms with E-state index in [0.29, 0.717) is 18.6 Å². The van der Waals surface area contributed by atoms with E-state index in [-0.39, 0.29) is 5.78 Å². The molecule has 2 rings (SSSR count). The van der Waals surface area contributed by atoms with Crippen molar-refractivity contribution in [3.63, 3.8) is 0 Å². The van der Waals surface area contributed by atoms with Crippen molar-refractivity contribution in [3.8, 4) is 0 Å². The van der Waals surface area contributed by atoms with E-state index in [1.165, 1.54) is 24.2 Å². The smallest absolute Gasteiger partial charge is 0.186 e. The van der Waals surface area contributed by atoms with E-state index in [4.69, 9.17) is 0 Å². The molecule has 0 aliphatic carbocycles. The zero-order valence-electron chi connectivity index (χ0n) is 10.3. The van der Waals surface area contributed by atoms with Crippen LogP contribution in [-0.4, -0.2) is 29.3 Å². The first-order valence-electron chi connectivity index (χ1n) is 6.16. The van der Waals surface area contributed by atoms with Gasteiger partial charge in [0.25, 0.3) is 0 Å². The highest BCUT2D eigenvalue weighted by Crippen LogP contribution is 2.27. The van der Waals surface area contributed by atoms with Crippen LogP contribution in [0.25, 0.3) is 0 Å². The molecule has 0 saturated carbocycles. The van der Waals surface area contributed by atoms with Crippen LogP contribution in [0.2, 0.25) is 0 Å². The molecule has 0 N–H and O–H groups in total. The number of rotatable bonds is 4. The molecule has 1 aliphatic heterocycles. The van der Waals surface area contributed by atoms with Crippen LogP contribution in [0.15, 0.2) is 15.9 Å². The second-order valence-electron chi connectivity index (χ2n) is 4.69. The molecular formula is C13H18BrNOS. The molecule has 2 unspecified atom stereocenters. The Labute approximate surface area is 115 Å². The second-order valence-corrected chi connectivity index (χ2v) is 7.15. The quantitative estimate of drug-likeness (QED) is 0.784. The standard InChI is InChI=1S/C13H18BrNOS/c1-3-10-5-4-9(2)15(10)8-11(16)12-6-7-13(14)17-12/h6-7,9-10H,3-5,8H2,1-2H3. The van der Waals surface area contributed by atoms with Crippen molar-refractivity contribution in [2.75, 3.05) is 6.54 Å². The van der Waals surface area contributed by atoms with E-state index in [1.54, 1.807) is 0 Å². The van der Waals surface area contributed by atoms with Gasteiger partial charge in [0.05, 0.1) is 15.2 Å². The van der Waals surface area contributed by atoms with Crippen LogP contribution >= 0.6 is 27.3 Å². The molecule has 1 fully saturated rings. The topological polar surface area (TPSA) is 20.3 Å². The number of ketones is 1. The molecule has 17 heavy (non-hydrogen) atoms. The van der Waals surface area contributed by atoms with Crippen LogP contribution in [-0.2, 0) is 0 Å². The van der Waals surface area contributed by atoms with Crippen LogP contribution in [0.3, 0.4) is 0 Å². The van der Waals surface area contributed by atoms with Crippen LogP contribution in [0.1, 0.15) is 42.8 Å². The third-order valence-electron chi connectivity index (χ3n) is 3.60. The average molecular weight is 316 g/mol. The maximum Gasteiger partial charge on any atom is 0.186 e. The average Bonchev–Trinajstić information content (AvgIpc) is 2.87. The SMILES string of the molecule is CCC1CCC(C)N1CC(=O)c1ccc(Br)s1. The molecule has 94 valence electrons. The maximum absolute atomic E-state index is 12.2. The number of carbonyl (C=O) groups is 1. The summed E-state index contributed by atoms with van der Waals surface area (Å²) in [7, 11) is 0. The summed E-state index contributed by atoms with van der Waals surface area (Å²) in [6, 6.07) is 5.01. The predicted molar refractivity (Wildman–Crippen MR) is 75.8 cm³/mol. The lowest BCUT2D eigenvalue weighted by Crippen LogP contribution is -2.38. The molecule has 1 aromatic heterocycles. The van der Waals surface area contributed by atoms with Crippen molar-refractivity contribution >= 4 is 33.0 Å². The van der Waals surface area contributed by atoms with E-state index in [2.05, 4.69) is 34.7 Å². The lowest BCUT2D eigenvalue weighted by Gasteiger charge is -2.26. The largest absolute Gasteiger partial charge is 0.292 e. The van der Waals surface area contributed by atoms with Gasteiger partial charge in [-0.2, -0.15) is 0 Å². The number of hydrogen-bond donors (Lipinski definition) is 0. The van der Waals surface area contributed by atoms with Gasteiger partial charge < -0.3 is 0 Å². The van der Waals surface area contributed by atoms with Gasteiger partial charge in [0.1, 0.15) is 0 Å². The monoisotopic (exact) mass is 315 g/mol. The Bertz CT molecular complexity index is 404. The molecule has 2 atom stereocenters. The van der Waals surface area contributed by atoms with Gasteiger partial charge >= 0.3 is 0 Å². The number of Topliss-reactive ketones (excluding diaryl/α,β-unsaturated/α-hetero) is 1. The zero-order chi connectivity index (χ0) is 12.4. The van der Waals surface area contributed by atoms with Crippen molar-refractivity contribution in [2.24, 2.45) is 0 Å². The van der Waals surface area contributed by atoms with Crippen molar-refractivity contribution in [2.45, 2.75) is 45.2 Å². The van der Waals surface area contributed by atoms with E-state index < -0.39 is 0 Å². The van der Waals surface area contributed by atoms with Gasteiger partial charge in [-0.05, 0) is 54.2 Å². The Morgan fingerprint density at radius 1 is 1.53 bits per heavy atom. The Hall–Kier alpha value is -0.190. The number of halogens is 1. The fourth-order valence-corrected chi connectivity index (χ4v) is 3.87. The van der Waals surface area contributed by atoms with E-state index in [0.717, 1.165) is 15.1 Å². The van der Waals surface area contributed by atoms with Gasteiger partial charge in [0, 0.05) is 12.1 Å². The number of hydrogen-bond acceptors (Lipinski definition) is 3.